The van der Waals surface area contributed by atoms with E-state index in [-0.39, 0.29) is 11.7 Å². The number of rotatable bonds is 7. The fourth-order valence-corrected chi connectivity index (χ4v) is 4.24. The van der Waals surface area contributed by atoms with E-state index >= 15 is 0 Å². The van der Waals surface area contributed by atoms with Gasteiger partial charge in [0.1, 0.15) is 5.78 Å². The lowest BCUT2D eigenvalue weighted by atomic mass is 10.1. The number of nitrogens with one attached hydrogen (secondary N) is 1. The molecule has 1 heterocycles. The van der Waals surface area contributed by atoms with Crippen molar-refractivity contribution < 1.29 is 9.59 Å². The SMILES string of the molecule is CC(=O)CSc1nc2ccc(NC(=O)CCc3ccccc3)cc2s1. The normalized spacial score (nSPS) is 10.8. The molecule has 0 saturated heterocycles. The number of benzene rings is 2. The van der Waals surface area contributed by atoms with Crippen LogP contribution in [0.15, 0.2) is 52.9 Å². The zero-order chi connectivity index (χ0) is 17.6. The lowest BCUT2D eigenvalue weighted by Crippen LogP contribution is -2.12. The van der Waals surface area contributed by atoms with Crippen LogP contribution in [-0.4, -0.2) is 22.4 Å². The summed E-state index contributed by atoms with van der Waals surface area (Å²) in [5, 5.41) is 2.94. The van der Waals surface area contributed by atoms with Crippen LogP contribution in [-0.2, 0) is 16.0 Å². The molecule has 0 spiro atoms. The Morgan fingerprint density at radius 1 is 1.16 bits per heavy atom. The first-order chi connectivity index (χ1) is 12.1. The van der Waals surface area contributed by atoms with E-state index in [1.165, 1.54) is 23.1 Å². The Morgan fingerprint density at radius 2 is 1.96 bits per heavy atom. The highest BCUT2D eigenvalue weighted by molar-refractivity contribution is 8.01. The summed E-state index contributed by atoms with van der Waals surface area (Å²) in [4.78, 5) is 27.7. The number of nitrogens with zero attached hydrogens (tertiary/aromatic N) is 1. The monoisotopic (exact) mass is 370 g/mol. The molecule has 1 aromatic heterocycles. The first-order valence-corrected chi connectivity index (χ1v) is 9.77. The van der Waals surface area contributed by atoms with Gasteiger partial charge >= 0.3 is 0 Å². The summed E-state index contributed by atoms with van der Waals surface area (Å²) in [6.45, 7) is 1.57. The Morgan fingerprint density at radius 3 is 2.72 bits per heavy atom. The van der Waals surface area contributed by atoms with Gasteiger partial charge in [0.25, 0.3) is 0 Å². The van der Waals surface area contributed by atoms with E-state index < -0.39 is 0 Å². The van der Waals surface area contributed by atoms with E-state index in [1.807, 2.05) is 48.5 Å². The van der Waals surface area contributed by atoms with Crippen molar-refractivity contribution in [2.24, 2.45) is 0 Å². The maximum Gasteiger partial charge on any atom is 0.224 e. The predicted molar refractivity (Wildman–Crippen MR) is 104 cm³/mol. The zero-order valence-electron chi connectivity index (χ0n) is 13.8. The molecule has 1 N–H and O–H groups in total. The number of Topliss-reactive ketones (excluding diaryl/α,β-unsaturated/α-hetero) is 1. The number of aryl methyl sites for hydroxylation is 1. The molecule has 0 radical (unpaired) electrons. The van der Waals surface area contributed by atoms with E-state index in [2.05, 4.69) is 10.3 Å². The summed E-state index contributed by atoms with van der Waals surface area (Å²) in [5.41, 5.74) is 2.82. The molecule has 0 aliphatic rings. The number of amides is 1. The van der Waals surface area contributed by atoms with E-state index in [0.717, 1.165) is 32.2 Å². The molecular weight excluding hydrogens is 352 g/mol. The summed E-state index contributed by atoms with van der Waals surface area (Å²) in [7, 11) is 0. The van der Waals surface area contributed by atoms with Crippen LogP contribution >= 0.6 is 23.1 Å². The van der Waals surface area contributed by atoms with E-state index in [4.69, 9.17) is 0 Å². The highest BCUT2D eigenvalue weighted by Gasteiger charge is 2.08. The Labute approximate surface area is 154 Å². The largest absolute Gasteiger partial charge is 0.326 e. The number of carbonyl (C=O) groups is 2. The zero-order valence-corrected chi connectivity index (χ0v) is 15.5. The highest BCUT2D eigenvalue weighted by atomic mass is 32.2. The van der Waals surface area contributed by atoms with E-state index in [9.17, 15) is 9.59 Å². The molecule has 1 amide bonds. The number of fused-ring (bicyclic) bond motifs is 1. The topological polar surface area (TPSA) is 59.1 Å². The summed E-state index contributed by atoms with van der Waals surface area (Å²) in [6, 6.07) is 15.7. The van der Waals surface area contributed by atoms with E-state index in [1.54, 1.807) is 6.92 Å². The van der Waals surface area contributed by atoms with Crippen LogP contribution in [0, 0.1) is 0 Å². The lowest BCUT2D eigenvalue weighted by molar-refractivity contribution is -0.116. The number of anilines is 1. The van der Waals surface area contributed by atoms with Crippen molar-refractivity contribution in [2.75, 3.05) is 11.1 Å². The van der Waals surface area contributed by atoms with Crippen LogP contribution in [0.3, 0.4) is 0 Å². The summed E-state index contributed by atoms with van der Waals surface area (Å²) in [5.74, 6) is 0.567. The molecule has 25 heavy (non-hydrogen) atoms. The minimum Gasteiger partial charge on any atom is -0.326 e. The quantitative estimate of drug-likeness (QED) is 0.620. The molecule has 3 aromatic rings. The number of thiazole rings is 1. The smallest absolute Gasteiger partial charge is 0.224 e. The Kier molecular flexibility index (Phi) is 5.83. The molecule has 0 unspecified atom stereocenters. The van der Waals surface area contributed by atoms with Crippen molar-refractivity contribution >= 4 is 50.7 Å². The Bertz CT molecular complexity index is 891. The standard InChI is InChI=1S/C19H18N2O2S2/c1-13(22)12-24-19-21-16-9-8-15(11-17(16)25-19)20-18(23)10-7-14-5-3-2-4-6-14/h2-6,8-9,11H,7,10,12H2,1H3,(H,20,23). The molecule has 4 nitrogen and oxygen atoms in total. The van der Waals surface area contributed by atoms with Crippen molar-refractivity contribution in [3.05, 3.63) is 54.1 Å². The number of hydrogen-bond acceptors (Lipinski definition) is 5. The van der Waals surface area contributed by atoms with Gasteiger partial charge in [-0.2, -0.15) is 0 Å². The molecule has 6 heteroatoms. The van der Waals surface area contributed by atoms with Gasteiger partial charge in [0.15, 0.2) is 4.34 Å². The maximum atomic E-state index is 12.1. The first-order valence-electron chi connectivity index (χ1n) is 7.97. The number of ketones is 1. The van der Waals surface area contributed by atoms with Crippen LogP contribution < -0.4 is 5.32 Å². The molecule has 3 rings (SSSR count). The summed E-state index contributed by atoms with van der Waals surface area (Å²) >= 11 is 2.99. The second-order valence-electron chi connectivity index (χ2n) is 5.69. The van der Waals surface area contributed by atoms with Crippen molar-refractivity contribution in [3.8, 4) is 0 Å². The Hall–Kier alpha value is -2.18. The van der Waals surface area contributed by atoms with Gasteiger partial charge in [-0.3, -0.25) is 9.59 Å². The molecular formula is C19H18N2O2S2. The number of thioether (sulfide) groups is 1. The van der Waals surface area contributed by atoms with Gasteiger partial charge in [-0.15, -0.1) is 11.3 Å². The second kappa shape index (κ2) is 8.27. The first kappa shape index (κ1) is 17.6. The van der Waals surface area contributed by atoms with Crippen LogP contribution in [0.5, 0.6) is 0 Å². The fraction of sp³-hybridized carbons (Fsp3) is 0.211. The Balaban J connectivity index is 1.61. The molecule has 0 atom stereocenters. The van der Waals surface area contributed by atoms with Crippen molar-refractivity contribution in [1.82, 2.24) is 4.98 Å². The summed E-state index contributed by atoms with van der Waals surface area (Å²) < 4.78 is 1.88. The third-order valence-electron chi connectivity index (χ3n) is 3.54. The third kappa shape index (κ3) is 5.14. The van der Waals surface area contributed by atoms with Crippen LogP contribution in [0.4, 0.5) is 5.69 Å². The van der Waals surface area contributed by atoms with Crippen molar-refractivity contribution in [3.63, 3.8) is 0 Å². The highest BCUT2D eigenvalue weighted by Crippen LogP contribution is 2.31. The molecule has 0 aliphatic heterocycles. The number of carbonyl (C=O) groups excluding carboxylic acids is 2. The molecule has 0 saturated carbocycles. The average molecular weight is 370 g/mol. The van der Waals surface area contributed by atoms with Crippen molar-refractivity contribution in [2.45, 2.75) is 24.1 Å². The molecule has 0 fully saturated rings. The van der Waals surface area contributed by atoms with Gasteiger partial charge in [0.2, 0.25) is 5.91 Å². The fourth-order valence-electron chi connectivity index (χ4n) is 2.33. The maximum absolute atomic E-state index is 12.1. The molecule has 0 aliphatic carbocycles. The molecule has 2 aromatic carbocycles. The van der Waals surface area contributed by atoms with Crippen LogP contribution in [0.25, 0.3) is 10.2 Å². The van der Waals surface area contributed by atoms with Gasteiger partial charge in [-0.05, 0) is 37.1 Å². The predicted octanol–water partition coefficient (Wildman–Crippen LogP) is 4.55. The van der Waals surface area contributed by atoms with Crippen molar-refractivity contribution in [1.29, 1.82) is 0 Å². The van der Waals surface area contributed by atoms with E-state index in [0.29, 0.717) is 12.2 Å². The molecule has 0 bridgehead atoms. The van der Waals surface area contributed by atoms with Gasteiger partial charge in [0.05, 0.1) is 16.0 Å². The van der Waals surface area contributed by atoms with Gasteiger partial charge in [0, 0.05) is 12.1 Å². The molecule has 128 valence electrons. The van der Waals surface area contributed by atoms with Gasteiger partial charge < -0.3 is 5.32 Å². The number of hydrogen-bond donors (Lipinski definition) is 1. The minimum absolute atomic E-state index is 0.00102. The second-order valence-corrected chi connectivity index (χ2v) is 7.94. The van der Waals surface area contributed by atoms with Gasteiger partial charge in [-0.25, -0.2) is 4.98 Å². The third-order valence-corrected chi connectivity index (χ3v) is 5.84. The van der Waals surface area contributed by atoms with Gasteiger partial charge in [-0.1, -0.05) is 42.1 Å². The summed E-state index contributed by atoms with van der Waals surface area (Å²) in [6.07, 6.45) is 1.17. The minimum atomic E-state index is -0.00102. The lowest BCUT2D eigenvalue weighted by Gasteiger charge is -2.05. The average Bonchev–Trinajstić information content (AvgIpc) is 3.01. The van der Waals surface area contributed by atoms with Crippen LogP contribution in [0.1, 0.15) is 18.9 Å². The number of aromatic nitrogens is 1. The van der Waals surface area contributed by atoms with Crippen LogP contribution in [0.2, 0.25) is 0 Å².